The van der Waals surface area contributed by atoms with Crippen LogP contribution in [0.15, 0.2) is 42.5 Å². The van der Waals surface area contributed by atoms with E-state index in [1.165, 1.54) is 38.1 Å². The number of halogens is 1. The Morgan fingerprint density at radius 3 is 1.87 bits per heavy atom. The van der Waals surface area contributed by atoms with E-state index in [2.05, 4.69) is 5.32 Å². The number of carbonyl (C=O) groups excluding carboxylic acids is 3. The zero-order chi connectivity index (χ0) is 22.2. The third kappa shape index (κ3) is 3.81. The van der Waals surface area contributed by atoms with Gasteiger partial charge in [0.25, 0.3) is 5.91 Å². The first-order valence-corrected chi connectivity index (χ1v) is 9.53. The number of hydrogen-bond acceptors (Lipinski definition) is 3. The van der Waals surface area contributed by atoms with Crippen LogP contribution in [0.3, 0.4) is 0 Å². The molecule has 3 rings (SSSR count). The Morgan fingerprint density at radius 2 is 1.37 bits per heavy atom. The molecule has 3 aromatic rings. The van der Waals surface area contributed by atoms with E-state index >= 15 is 0 Å². The molecule has 6 heteroatoms. The minimum Gasteiger partial charge on any atom is -0.322 e. The number of rotatable bonds is 5. The summed E-state index contributed by atoms with van der Waals surface area (Å²) in [5, 5.41) is 2.85. The summed E-state index contributed by atoms with van der Waals surface area (Å²) < 4.78 is 15.0. The lowest BCUT2D eigenvalue weighted by molar-refractivity contribution is 0.0981. The number of nitrogens with zero attached hydrogens (tertiary/aromatic N) is 1. The molecule has 0 spiro atoms. The first-order valence-electron chi connectivity index (χ1n) is 9.53. The number of hydrogen-bond donors (Lipinski definition) is 1. The predicted octanol–water partition coefficient (Wildman–Crippen LogP) is 5.20. The van der Waals surface area contributed by atoms with Gasteiger partial charge in [0, 0.05) is 39.5 Å². The largest absolute Gasteiger partial charge is 0.322 e. The molecule has 1 amide bonds. The number of ketones is 2. The fourth-order valence-corrected chi connectivity index (χ4v) is 3.77. The number of Topliss-reactive ketones (excluding diaryl/α,β-unsaturated/α-hetero) is 2. The summed E-state index contributed by atoms with van der Waals surface area (Å²) >= 11 is 0. The summed E-state index contributed by atoms with van der Waals surface area (Å²) in [5.74, 6) is -1.11. The SMILES string of the molecule is CC(=O)c1c(C(C)=O)c(C)n(-c2ccc(C)c(NC(=O)c3ccc(F)cc3)c2)c1C. The summed E-state index contributed by atoms with van der Waals surface area (Å²) in [5.41, 5.74) is 4.66. The van der Waals surface area contributed by atoms with Gasteiger partial charge in [-0.1, -0.05) is 6.07 Å². The highest BCUT2D eigenvalue weighted by molar-refractivity contribution is 6.09. The maximum absolute atomic E-state index is 13.1. The van der Waals surface area contributed by atoms with Gasteiger partial charge in [-0.3, -0.25) is 14.4 Å². The van der Waals surface area contributed by atoms with Crippen LogP contribution in [0.25, 0.3) is 5.69 Å². The van der Waals surface area contributed by atoms with Gasteiger partial charge in [0.15, 0.2) is 11.6 Å². The summed E-state index contributed by atoms with van der Waals surface area (Å²) in [7, 11) is 0. The molecule has 2 aromatic carbocycles. The average molecular weight is 406 g/mol. The zero-order valence-electron chi connectivity index (χ0n) is 17.6. The molecule has 0 atom stereocenters. The normalized spacial score (nSPS) is 10.7. The Bertz CT molecular complexity index is 1140. The van der Waals surface area contributed by atoms with Gasteiger partial charge >= 0.3 is 0 Å². The van der Waals surface area contributed by atoms with Crippen molar-refractivity contribution in [3.8, 4) is 5.69 Å². The van der Waals surface area contributed by atoms with E-state index in [9.17, 15) is 18.8 Å². The van der Waals surface area contributed by atoms with E-state index in [0.717, 1.165) is 11.3 Å². The molecule has 1 N–H and O–H groups in total. The van der Waals surface area contributed by atoms with Crippen LogP contribution in [0.2, 0.25) is 0 Å². The van der Waals surface area contributed by atoms with Crippen molar-refractivity contribution in [3.63, 3.8) is 0 Å². The molecule has 0 aliphatic carbocycles. The maximum Gasteiger partial charge on any atom is 0.255 e. The zero-order valence-corrected chi connectivity index (χ0v) is 17.6. The molecule has 1 aromatic heterocycles. The number of benzene rings is 2. The van der Waals surface area contributed by atoms with Crippen LogP contribution in [0, 0.1) is 26.6 Å². The Labute approximate surface area is 174 Å². The smallest absolute Gasteiger partial charge is 0.255 e. The predicted molar refractivity (Wildman–Crippen MR) is 114 cm³/mol. The maximum atomic E-state index is 13.1. The van der Waals surface area contributed by atoms with Crippen molar-refractivity contribution < 1.29 is 18.8 Å². The number of amides is 1. The summed E-state index contributed by atoms with van der Waals surface area (Å²) in [4.78, 5) is 36.9. The average Bonchev–Trinajstić information content (AvgIpc) is 2.95. The van der Waals surface area contributed by atoms with Gasteiger partial charge in [-0.15, -0.1) is 0 Å². The Morgan fingerprint density at radius 1 is 0.833 bits per heavy atom. The van der Waals surface area contributed by atoms with Crippen LogP contribution in [0.1, 0.15) is 61.9 Å². The quantitative estimate of drug-likeness (QED) is 0.592. The molecular weight excluding hydrogens is 383 g/mol. The highest BCUT2D eigenvalue weighted by atomic mass is 19.1. The lowest BCUT2D eigenvalue weighted by Gasteiger charge is -2.14. The van der Waals surface area contributed by atoms with Crippen LogP contribution in [0.5, 0.6) is 0 Å². The molecule has 0 radical (unpaired) electrons. The second-order valence-electron chi connectivity index (χ2n) is 7.33. The fraction of sp³-hybridized carbons (Fsp3) is 0.208. The van der Waals surface area contributed by atoms with Gasteiger partial charge in [0.05, 0.1) is 0 Å². The second-order valence-corrected chi connectivity index (χ2v) is 7.33. The van der Waals surface area contributed by atoms with Crippen molar-refractivity contribution in [1.82, 2.24) is 4.57 Å². The molecule has 0 aliphatic rings. The monoisotopic (exact) mass is 406 g/mol. The highest BCUT2D eigenvalue weighted by Gasteiger charge is 2.24. The van der Waals surface area contributed by atoms with E-state index in [0.29, 0.717) is 33.8 Å². The van der Waals surface area contributed by atoms with Gasteiger partial charge in [-0.25, -0.2) is 4.39 Å². The van der Waals surface area contributed by atoms with Crippen molar-refractivity contribution in [2.75, 3.05) is 5.32 Å². The Kier molecular flexibility index (Phi) is 5.69. The molecule has 0 bridgehead atoms. The van der Waals surface area contributed by atoms with E-state index in [4.69, 9.17) is 0 Å². The number of anilines is 1. The summed E-state index contributed by atoms with van der Waals surface area (Å²) in [6, 6.07) is 10.8. The van der Waals surface area contributed by atoms with Crippen LogP contribution in [-0.2, 0) is 0 Å². The molecule has 154 valence electrons. The van der Waals surface area contributed by atoms with Gasteiger partial charge in [0.1, 0.15) is 5.82 Å². The first kappa shape index (κ1) is 21.2. The molecule has 0 aliphatic heterocycles. The first-order chi connectivity index (χ1) is 14.1. The molecule has 0 unspecified atom stereocenters. The van der Waals surface area contributed by atoms with Gasteiger partial charge < -0.3 is 9.88 Å². The third-order valence-corrected chi connectivity index (χ3v) is 5.18. The van der Waals surface area contributed by atoms with E-state index in [1.807, 2.05) is 23.6 Å². The number of aromatic nitrogens is 1. The minimum absolute atomic E-state index is 0.170. The molecular formula is C24H23FN2O3. The van der Waals surface area contributed by atoms with Gasteiger partial charge in [0.2, 0.25) is 0 Å². The topological polar surface area (TPSA) is 68.2 Å². The van der Waals surface area contributed by atoms with Crippen LogP contribution in [0.4, 0.5) is 10.1 Å². The van der Waals surface area contributed by atoms with Crippen LogP contribution in [-0.4, -0.2) is 22.0 Å². The van der Waals surface area contributed by atoms with E-state index < -0.39 is 5.82 Å². The van der Waals surface area contributed by atoms with Crippen molar-refractivity contribution in [1.29, 1.82) is 0 Å². The third-order valence-electron chi connectivity index (χ3n) is 5.18. The molecule has 5 nitrogen and oxygen atoms in total. The van der Waals surface area contributed by atoms with E-state index in [-0.39, 0.29) is 17.5 Å². The molecule has 30 heavy (non-hydrogen) atoms. The van der Waals surface area contributed by atoms with Crippen molar-refractivity contribution in [2.24, 2.45) is 0 Å². The number of aryl methyl sites for hydroxylation is 1. The number of nitrogens with one attached hydrogen (secondary N) is 1. The molecule has 0 saturated heterocycles. The fourth-order valence-electron chi connectivity index (χ4n) is 3.77. The summed E-state index contributed by atoms with van der Waals surface area (Å²) in [6.45, 7) is 8.35. The van der Waals surface area contributed by atoms with Crippen molar-refractivity contribution >= 4 is 23.2 Å². The molecule has 1 heterocycles. The highest BCUT2D eigenvalue weighted by Crippen LogP contribution is 2.29. The van der Waals surface area contributed by atoms with Crippen molar-refractivity contribution in [2.45, 2.75) is 34.6 Å². The van der Waals surface area contributed by atoms with Gasteiger partial charge in [-0.05, 0) is 76.6 Å². The van der Waals surface area contributed by atoms with Crippen molar-refractivity contribution in [3.05, 3.63) is 81.9 Å². The lowest BCUT2D eigenvalue weighted by atomic mass is 10.0. The van der Waals surface area contributed by atoms with Crippen LogP contribution < -0.4 is 5.32 Å². The standard InChI is InChI=1S/C24H23FN2O3/c1-13-6-11-20(12-21(13)26-24(30)18-7-9-19(25)10-8-18)27-14(2)22(16(4)28)23(15(27)3)17(5)29/h6-12H,1-5H3,(H,26,30). The molecule has 0 saturated carbocycles. The number of carbonyl (C=O) groups is 3. The lowest BCUT2D eigenvalue weighted by Crippen LogP contribution is -2.13. The molecule has 0 fully saturated rings. The Hall–Kier alpha value is -3.54. The second kappa shape index (κ2) is 8.06. The van der Waals surface area contributed by atoms with Crippen LogP contribution >= 0.6 is 0 Å². The van der Waals surface area contributed by atoms with Gasteiger partial charge in [-0.2, -0.15) is 0 Å². The minimum atomic E-state index is -0.411. The Balaban J connectivity index is 2.07. The summed E-state index contributed by atoms with van der Waals surface area (Å²) in [6.07, 6.45) is 0. The van der Waals surface area contributed by atoms with E-state index in [1.54, 1.807) is 19.9 Å².